The number of aliphatic hydroxyl groups is 2. The first kappa shape index (κ1) is 17.8. The zero-order chi connectivity index (χ0) is 17.0. The molecule has 3 N–H and O–H groups in total. The zero-order valence-electron chi connectivity index (χ0n) is 12.1. The van der Waals surface area contributed by atoms with E-state index in [1.54, 1.807) is 6.07 Å². The Kier molecular flexibility index (Phi) is 6.02. The second-order valence-electron chi connectivity index (χ2n) is 5.24. The predicted octanol–water partition coefficient (Wildman–Crippen LogP) is 3.40. The normalized spacial score (nSPS) is 13.6. The van der Waals surface area contributed by atoms with Crippen LogP contribution in [0.3, 0.4) is 0 Å². The molecule has 122 valence electrons. The summed E-state index contributed by atoms with van der Waals surface area (Å²) < 4.78 is 0. The Morgan fingerprint density at radius 1 is 0.957 bits per heavy atom. The maximum atomic E-state index is 10.6. The molecule has 6 heteroatoms. The molecule has 23 heavy (non-hydrogen) atoms. The minimum Gasteiger partial charge on any atom is -0.479 e. The third kappa shape index (κ3) is 4.94. The van der Waals surface area contributed by atoms with Crippen molar-refractivity contribution < 1.29 is 20.1 Å². The van der Waals surface area contributed by atoms with Gasteiger partial charge in [-0.15, -0.1) is 0 Å². The number of rotatable bonds is 6. The Labute approximate surface area is 143 Å². The molecule has 0 aliphatic heterocycles. The van der Waals surface area contributed by atoms with E-state index in [2.05, 4.69) is 0 Å². The maximum Gasteiger partial charge on any atom is 0.335 e. The van der Waals surface area contributed by atoms with Gasteiger partial charge in [-0.3, -0.25) is 0 Å². The molecule has 0 radical (unpaired) electrons. The number of carboxylic acid groups (broad SMARTS) is 1. The van der Waals surface area contributed by atoms with Gasteiger partial charge in [0.2, 0.25) is 0 Å². The molecule has 0 saturated heterocycles. The fourth-order valence-corrected chi connectivity index (χ4v) is 2.75. The van der Waals surface area contributed by atoms with Gasteiger partial charge in [0.1, 0.15) is 0 Å². The van der Waals surface area contributed by atoms with Gasteiger partial charge in [-0.1, -0.05) is 47.5 Å². The van der Waals surface area contributed by atoms with Gasteiger partial charge < -0.3 is 15.3 Å². The van der Waals surface area contributed by atoms with E-state index in [4.69, 9.17) is 28.3 Å². The summed E-state index contributed by atoms with van der Waals surface area (Å²) >= 11 is 12.0. The van der Waals surface area contributed by atoms with Crippen LogP contribution < -0.4 is 0 Å². The fourth-order valence-electron chi connectivity index (χ4n) is 2.22. The van der Waals surface area contributed by atoms with Crippen molar-refractivity contribution in [2.24, 2.45) is 0 Å². The van der Waals surface area contributed by atoms with E-state index in [-0.39, 0.29) is 6.42 Å². The van der Waals surface area contributed by atoms with Crippen LogP contribution in [0.2, 0.25) is 10.0 Å². The Balaban J connectivity index is 2.03. The van der Waals surface area contributed by atoms with Crippen LogP contribution in [0.4, 0.5) is 0 Å². The highest BCUT2D eigenvalue weighted by molar-refractivity contribution is 6.35. The SMILES string of the molecule is O=C(O)C(O)C(O)CCc1ccc(-c2cc(Cl)cc(Cl)c2)cc1. The Hall–Kier alpha value is -1.59. The lowest BCUT2D eigenvalue weighted by molar-refractivity contribution is -0.152. The average molecular weight is 355 g/mol. The largest absolute Gasteiger partial charge is 0.479 e. The van der Waals surface area contributed by atoms with Gasteiger partial charge in [-0.25, -0.2) is 4.79 Å². The van der Waals surface area contributed by atoms with Crippen LogP contribution in [0, 0.1) is 0 Å². The van der Waals surface area contributed by atoms with Crippen LogP contribution in [0.5, 0.6) is 0 Å². The molecule has 0 saturated carbocycles. The highest BCUT2D eigenvalue weighted by atomic mass is 35.5. The molecule has 0 bridgehead atoms. The van der Waals surface area contributed by atoms with Crippen LogP contribution in [-0.2, 0) is 11.2 Å². The second-order valence-corrected chi connectivity index (χ2v) is 6.12. The third-order valence-corrected chi connectivity index (χ3v) is 3.93. The number of halogens is 2. The lowest BCUT2D eigenvalue weighted by Crippen LogP contribution is -2.33. The standard InChI is InChI=1S/C17H16Cl2O4/c18-13-7-12(8-14(19)9-13)11-4-1-10(2-5-11)3-6-15(20)16(21)17(22)23/h1-2,4-5,7-9,15-16,20-21H,3,6H2,(H,22,23). The quantitative estimate of drug-likeness (QED) is 0.742. The van der Waals surface area contributed by atoms with Crippen molar-refractivity contribution in [2.75, 3.05) is 0 Å². The number of aliphatic hydroxyl groups excluding tert-OH is 2. The monoisotopic (exact) mass is 354 g/mol. The number of aliphatic carboxylic acids is 1. The molecule has 0 aromatic heterocycles. The van der Waals surface area contributed by atoms with Gasteiger partial charge in [-0.2, -0.15) is 0 Å². The first-order valence-corrected chi connectivity index (χ1v) is 7.77. The molecule has 2 aromatic carbocycles. The smallest absolute Gasteiger partial charge is 0.335 e. The minimum absolute atomic E-state index is 0.163. The summed E-state index contributed by atoms with van der Waals surface area (Å²) in [6.07, 6.45) is -2.43. The van der Waals surface area contributed by atoms with Gasteiger partial charge in [0.05, 0.1) is 6.10 Å². The number of benzene rings is 2. The molecule has 0 aliphatic carbocycles. The lowest BCUT2D eigenvalue weighted by Gasteiger charge is -2.13. The summed E-state index contributed by atoms with van der Waals surface area (Å²) in [4.78, 5) is 10.6. The molecular weight excluding hydrogens is 339 g/mol. The highest BCUT2D eigenvalue weighted by Gasteiger charge is 2.22. The first-order valence-electron chi connectivity index (χ1n) is 7.01. The number of hydrogen-bond donors (Lipinski definition) is 3. The van der Waals surface area contributed by atoms with E-state index >= 15 is 0 Å². The minimum atomic E-state index is -1.76. The summed E-state index contributed by atoms with van der Waals surface area (Å²) in [5.41, 5.74) is 2.78. The van der Waals surface area contributed by atoms with Gasteiger partial charge >= 0.3 is 5.97 Å². The molecule has 0 spiro atoms. The molecule has 2 aromatic rings. The zero-order valence-corrected chi connectivity index (χ0v) is 13.6. The number of hydrogen-bond acceptors (Lipinski definition) is 3. The summed E-state index contributed by atoms with van der Waals surface area (Å²) in [6.45, 7) is 0. The van der Waals surface area contributed by atoms with Crippen LogP contribution in [-0.4, -0.2) is 33.5 Å². The van der Waals surface area contributed by atoms with Crippen molar-refractivity contribution in [2.45, 2.75) is 25.0 Å². The fraction of sp³-hybridized carbons (Fsp3) is 0.235. The van der Waals surface area contributed by atoms with Crippen LogP contribution in [0.25, 0.3) is 11.1 Å². The van der Waals surface area contributed by atoms with E-state index in [0.29, 0.717) is 16.5 Å². The molecule has 0 amide bonds. The molecular formula is C17H16Cl2O4. The Morgan fingerprint density at radius 3 is 2.04 bits per heavy atom. The summed E-state index contributed by atoms with van der Waals surface area (Å²) in [5, 5.41) is 28.6. The molecule has 2 unspecified atom stereocenters. The van der Waals surface area contributed by atoms with Crippen molar-refractivity contribution in [3.63, 3.8) is 0 Å². The van der Waals surface area contributed by atoms with Crippen molar-refractivity contribution in [1.29, 1.82) is 0 Å². The second kappa shape index (κ2) is 7.79. The Morgan fingerprint density at radius 2 is 1.52 bits per heavy atom. The summed E-state index contributed by atoms with van der Waals surface area (Å²) in [7, 11) is 0. The van der Waals surface area contributed by atoms with Crippen LogP contribution >= 0.6 is 23.2 Å². The van der Waals surface area contributed by atoms with Gasteiger partial charge in [0.25, 0.3) is 0 Å². The summed E-state index contributed by atoms with van der Waals surface area (Å²) in [5.74, 6) is -1.43. The van der Waals surface area contributed by atoms with Gasteiger partial charge in [0.15, 0.2) is 6.10 Å². The lowest BCUT2D eigenvalue weighted by atomic mass is 10.00. The topological polar surface area (TPSA) is 77.8 Å². The van der Waals surface area contributed by atoms with E-state index < -0.39 is 18.2 Å². The van der Waals surface area contributed by atoms with E-state index in [0.717, 1.165) is 16.7 Å². The van der Waals surface area contributed by atoms with Crippen molar-refractivity contribution >= 4 is 29.2 Å². The number of aryl methyl sites for hydroxylation is 1. The van der Waals surface area contributed by atoms with Crippen molar-refractivity contribution in [1.82, 2.24) is 0 Å². The molecule has 0 fully saturated rings. The number of carboxylic acids is 1. The third-order valence-electron chi connectivity index (χ3n) is 3.50. The molecule has 2 atom stereocenters. The Bertz CT molecular complexity index is 665. The predicted molar refractivity (Wildman–Crippen MR) is 89.9 cm³/mol. The highest BCUT2D eigenvalue weighted by Crippen LogP contribution is 2.27. The van der Waals surface area contributed by atoms with Gasteiger partial charge in [0, 0.05) is 10.0 Å². The van der Waals surface area contributed by atoms with E-state index in [1.807, 2.05) is 36.4 Å². The van der Waals surface area contributed by atoms with E-state index in [9.17, 15) is 15.0 Å². The molecule has 0 heterocycles. The molecule has 4 nitrogen and oxygen atoms in total. The van der Waals surface area contributed by atoms with Crippen molar-refractivity contribution in [3.05, 3.63) is 58.1 Å². The van der Waals surface area contributed by atoms with Gasteiger partial charge in [-0.05, 0) is 47.7 Å². The number of carbonyl (C=O) groups is 1. The average Bonchev–Trinajstić information content (AvgIpc) is 2.51. The molecule has 0 aliphatic rings. The van der Waals surface area contributed by atoms with Crippen LogP contribution in [0.15, 0.2) is 42.5 Å². The summed E-state index contributed by atoms with van der Waals surface area (Å²) in [6, 6.07) is 12.9. The first-order chi connectivity index (χ1) is 10.9. The maximum absolute atomic E-state index is 10.6. The molecule has 2 rings (SSSR count). The van der Waals surface area contributed by atoms with Crippen molar-refractivity contribution in [3.8, 4) is 11.1 Å². The van der Waals surface area contributed by atoms with E-state index in [1.165, 1.54) is 0 Å². The van der Waals surface area contributed by atoms with Crippen LogP contribution in [0.1, 0.15) is 12.0 Å².